The number of nitrogens with one attached hydrogen (secondary N) is 1. The maximum atomic E-state index is 14.3. The van der Waals surface area contributed by atoms with Gasteiger partial charge in [-0.2, -0.15) is 0 Å². The summed E-state index contributed by atoms with van der Waals surface area (Å²) in [7, 11) is -3.51. The molecule has 1 aliphatic carbocycles. The summed E-state index contributed by atoms with van der Waals surface area (Å²) in [6.07, 6.45) is 0.545. The molecule has 2 fully saturated rings. The van der Waals surface area contributed by atoms with Crippen LogP contribution >= 0.6 is 0 Å². The average Bonchev–Trinajstić information content (AvgIpc) is 3.38. The maximum absolute atomic E-state index is 14.3. The van der Waals surface area contributed by atoms with Crippen LogP contribution in [0.5, 0.6) is 0 Å². The molecule has 160 valence electrons. The van der Waals surface area contributed by atoms with E-state index in [1.807, 2.05) is 0 Å². The maximum Gasteiger partial charge on any atom is 0.226 e. The van der Waals surface area contributed by atoms with Crippen molar-refractivity contribution in [3.05, 3.63) is 59.7 Å². The molecule has 4 rings (SSSR count). The van der Waals surface area contributed by atoms with Gasteiger partial charge in [0, 0.05) is 19.0 Å². The van der Waals surface area contributed by atoms with Crippen molar-refractivity contribution < 1.29 is 27.1 Å². The number of β-amino-alcohol motifs (C(OH)–C–C–N with tert-alkyl or cyclic N) is 1. The Balaban J connectivity index is 1.53. The Morgan fingerprint density at radius 1 is 1.10 bits per heavy atom. The van der Waals surface area contributed by atoms with E-state index < -0.39 is 33.8 Å². The molecule has 2 aromatic carbocycles. The second kappa shape index (κ2) is 7.72. The third-order valence-electron chi connectivity index (χ3n) is 5.67. The lowest BCUT2D eigenvalue weighted by Crippen LogP contribution is -2.42. The van der Waals surface area contributed by atoms with Gasteiger partial charge in [-0.05, 0) is 35.6 Å². The fourth-order valence-corrected chi connectivity index (χ4v) is 4.99. The van der Waals surface area contributed by atoms with Gasteiger partial charge in [-0.25, -0.2) is 21.9 Å². The van der Waals surface area contributed by atoms with Crippen LogP contribution in [0.1, 0.15) is 17.9 Å². The SMILES string of the molecule is CS(=O)(=O)N[C@@H]1CN(C(=O)[C@@H]2C[C@H]2c2ccccc2-c2c(F)cccc2F)C[C@H]1O. The summed E-state index contributed by atoms with van der Waals surface area (Å²) in [5.41, 5.74) is 1.01. The van der Waals surface area contributed by atoms with Crippen LogP contribution in [0.4, 0.5) is 8.78 Å². The van der Waals surface area contributed by atoms with Gasteiger partial charge >= 0.3 is 0 Å². The zero-order chi connectivity index (χ0) is 21.6. The molecule has 1 saturated heterocycles. The molecular formula is C21H22F2N2O4S. The van der Waals surface area contributed by atoms with Crippen LogP contribution < -0.4 is 4.72 Å². The van der Waals surface area contributed by atoms with Crippen molar-refractivity contribution >= 4 is 15.9 Å². The predicted octanol–water partition coefficient (Wildman–Crippen LogP) is 1.86. The minimum absolute atomic E-state index is 0.0405. The van der Waals surface area contributed by atoms with E-state index in [9.17, 15) is 27.1 Å². The van der Waals surface area contributed by atoms with Crippen molar-refractivity contribution in [2.24, 2.45) is 5.92 Å². The molecule has 2 N–H and O–H groups in total. The van der Waals surface area contributed by atoms with Gasteiger partial charge in [0.15, 0.2) is 0 Å². The van der Waals surface area contributed by atoms with Crippen LogP contribution in [0.2, 0.25) is 0 Å². The number of nitrogens with zero attached hydrogens (tertiary/aromatic N) is 1. The number of likely N-dealkylation sites (tertiary alicyclic amines) is 1. The number of rotatable bonds is 5. The summed E-state index contributed by atoms with van der Waals surface area (Å²) in [6, 6.07) is 9.83. The molecule has 0 aromatic heterocycles. The molecule has 30 heavy (non-hydrogen) atoms. The highest BCUT2D eigenvalue weighted by atomic mass is 32.2. The first-order valence-corrected chi connectivity index (χ1v) is 11.5. The van der Waals surface area contributed by atoms with Gasteiger partial charge in [-0.15, -0.1) is 0 Å². The molecule has 2 aromatic rings. The van der Waals surface area contributed by atoms with Crippen molar-refractivity contribution in [3.63, 3.8) is 0 Å². The second-order valence-electron chi connectivity index (χ2n) is 7.94. The van der Waals surface area contributed by atoms with E-state index in [1.165, 1.54) is 23.1 Å². The Labute approximate surface area is 173 Å². The standard InChI is InChI=1S/C21H22F2N2O4S/c1-30(28,29)24-18-10-25(11-19(18)26)21(27)15-9-14(15)12-5-2-3-6-13(12)20-16(22)7-4-8-17(20)23/h2-8,14-15,18-19,24,26H,9-11H2,1H3/t14-,15+,18+,19+/m0/s1. The topological polar surface area (TPSA) is 86.7 Å². The smallest absolute Gasteiger partial charge is 0.226 e. The van der Waals surface area contributed by atoms with E-state index in [1.54, 1.807) is 24.3 Å². The molecule has 0 bridgehead atoms. The summed E-state index contributed by atoms with van der Waals surface area (Å²) >= 11 is 0. The van der Waals surface area contributed by atoms with Gasteiger partial charge < -0.3 is 10.0 Å². The number of aliphatic hydroxyl groups excluding tert-OH is 1. The summed E-state index contributed by atoms with van der Waals surface area (Å²) in [5.74, 6) is -2.08. The summed E-state index contributed by atoms with van der Waals surface area (Å²) < 4.78 is 53.9. The Kier molecular flexibility index (Phi) is 5.37. The number of hydrogen-bond acceptors (Lipinski definition) is 4. The van der Waals surface area contributed by atoms with Gasteiger partial charge in [0.05, 0.1) is 24.0 Å². The Bertz CT molecular complexity index is 1070. The monoisotopic (exact) mass is 436 g/mol. The first kappa shape index (κ1) is 20.9. The zero-order valence-electron chi connectivity index (χ0n) is 16.3. The van der Waals surface area contributed by atoms with Crippen molar-refractivity contribution in [3.8, 4) is 11.1 Å². The van der Waals surface area contributed by atoms with Crippen LogP contribution in [0.25, 0.3) is 11.1 Å². The molecule has 0 radical (unpaired) electrons. The molecule has 1 aliphatic heterocycles. The molecule has 1 saturated carbocycles. The molecule has 0 unspecified atom stereocenters. The van der Waals surface area contributed by atoms with E-state index in [4.69, 9.17) is 0 Å². The van der Waals surface area contributed by atoms with E-state index in [0.29, 0.717) is 17.5 Å². The highest BCUT2D eigenvalue weighted by molar-refractivity contribution is 7.88. The molecule has 1 heterocycles. The lowest BCUT2D eigenvalue weighted by molar-refractivity contribution is -0.132. The molecular weight excluding hydrogens is 414 g/mol. The highest BCUT2D eigenvalue weighted by Gasteiger charge is 2.49. The number of aliphatic hydroxyl groups is 1. The quantitative estimate of drug-likeness (QED) is 0.749. The van der Waals surface area contributed by atoms with E-state index >= 15 is 0 Å². The number of hydrogen-bond donors (Lipinski definition) is 2. The van der Waals surface area contributed by atoms with E-state index in [-0.39, 0.29) is 36.4 Å². The Hall–Kier alpha value is -2.36. The van der Waals surface area contributed by atoms with Gasteiger partial charge in [0.1, 0.15) is 11.6 Å². The predicted molar refractivity (Wildman–Crippen MR) is 107 cm³/mol. The Morgan fingerprint density at radius 3 is 2.43 bits per heavy atom. The number of carbonyl (C=O) groups excluding carboxylic acids is 1. The summed E-state index contributed by atoms with van der Waals surface area (Å²) in [5, 5.41) is 10.1. The number of benzene rings is 2. The van der Waals surface area contributed by atoms with Gasteiger partial charge in [0.25, 0.3) is 0 Å². The number of carbonyl (C=O) groups is 1. The van der Waals surface area contributed by atoms with Crippen LogP contribution in [0.15, 0.2) is 42.5 Å². The van der Waals surface area contributed by atoms with Crippen LogP contribution in [-0.2, 0) is 14.8 Å². The zero-order valence-corrected chi connectivity index (χ0v) is 17.1. The minimum Gasteiger partial charge on any atom is -0.390 e. The number of sulfonamides is 1. The van der Waals surface area contributed by atoms with Crippen molar-refractivity contribution in [1.82, 2.24) is 9.62 Å². The number of halogens is 2. The fraction of sp³-hybridized carbons (Fsp3) is 0.381. The minimum atomic E-state index is -3.51. The van der Waals surface area contributed by atoms with E-state index in [0.717, 1.165) is 6.26 Å². The molecule has 2 aliphatic rings. The van der Waals surface area contributed by atoms with Gasteiger partial charge in [-0.1, -0.05) is 30.3 Å². The normalized spacial score (nSPS) is 26.1. The largest absolute Gasteiger partial charge is 0.390 e. The lowest BCUT2D eigenvalue weighted by Gasteiger charge is -2.17. The van der Waals surface area contributed by atoms with Gasteiger partial charge in [0.2, 0.25) is 15.9 Å². The summed E-state index contributed by atoms with van der Waals surface area (Å²) in [6.45, 7) is 0.124. The van der Waals surface area contributed by atoms with Crippen LogP contribution in [0, 0.1) is 17.6 Å². The third-order valence-corrected chi connectivity index (χ3v) is 6.40. The lowest BCUT2D eigenvalue weighted by atomic mass is 9.95. The molecule has 0 spiro atoms. The molecule has 9 heteroatoms. The molecule has 6 nitrogen and oxygen atoms in total. The van der Waals surface area contributed by atoms with Crippen LogP contribution in [-0.4, -0.2) is 55.8 Å². The summed E-state index contributed by atoms with van der Waals surface area (Å²) in [4.78, 5) is 14.4. The van der Waals surface area contributed by atoms with Crippen molar-refractivity contribution in [2.75, 3.05) is 19.3 Å². The Morgan fingerprint density at radius 2 is 1.77 bits per heavy atom. The first-order chi connectivity index (χ1) is 14.2. The first-order valence-electron chi connectivity index (χ1n) is 9.63. The molecule has 1 amide bonds. The highest BCUT2D eigenvalue weighted by Crippen LogP contribution is 2.51. The second-order valence-corrected chi connectivity index (χ2v) is 9.72. The van der Waals surface area contributed by atoms with Crippen LogP contribution in [0.3, 0.4) is 0 Å². The van der Waals surface area contributed by atoms with Crippen molar-refractivity contribution in [1.29, 1.82) is 0 Å². The van der Waals surface area contributed by atoms with Gasteiger partial charge in [-0.3, -0.25) is 4.79 Å². The number of amides is 1. The van der Waals surface area contributed by atoms with E-state index in [2.05, 4.69) is 4.72 Å². The fourth-order valence-electron chi connectivity index (χ4n) is 4.21. The third kappa shape index (κ3) is 4.10. The molecule has 4 atom stereocenters. The average molecular weight is 436 g/mol. The van der Waals surface area contributed by atoms with Crippen molar-refractivity contribution in [2.45, 2.75) is 24.5 Å².